The number of methoxy groups -OCH3 is 1. The zero-order chi connectivity index (χ0) is 20.3. The van der Waals surface area contributed by atoms with Crippen molar-refractivity contribution in [3.05, 3.63) is 28.7 Å². The van der Waals surface area contributed by atoms with Crippen LogP contribution in [-0.4, -0.2) is 45.5 Å². The number of ether oxygens (including phenoxy) is 2. The van der Waals surface area contributed by atoms with Crippen molar-refractivity contribution in [3.8, 4) is 11.5 Å². The Morgan fingerprint density at radius 3 is 2.68 bits per heavy atom. The maximum Gasteiger partial charge on any atom is 0.344 e. The highest BCUT2D eigenvalue weighted by atomic mass is 32.2. The van der Waals surface area contributed by atoms with Gasteiger partial charge in [0.2, 0.25) is 0 Å². The molecule has 1 aliphatic carbocycles. The van der Waals surface area contributed by atoms with Gasteiger partial charge < -0.3 is 14.6 Å². The lowest BCUT2D eigenvalue weighted by Gasteiger charge is -2.29. The van der Waals surface area contributed by atoms with E-state index in [-0.39, 0.29) is 11.9 Å². The van der Waals surface area contributed by atoms with E-state index < -0.39 is 12.1 Å². The number of carboxylic acids is 1. The average Bonchev–Trinajstić information content (AvgIpc) is 2.96. The first-order chi connectivity index (χ1) is 13.4. The zero-order valence-corrected chi connectivity index (χ0v) is 17.5. The molecule has 1 aromatic rings. The fraction of sp³-hybridized carbons (Fsp3) is 0.450. The van der Waals surface area contributed by atoms with Crippen LogP contribution in [0.2, 0.25) is 0 Å². The monoisotopic (exact) mass is 421 g/mol. The van der Waals surface area contributed by atoms with Crippen LogP contribution in [-0.2, 0) is 9.59 Å². The molecule has 6 nitrogen and oxygen atoms in total. The van der Waals surface area contributed by atoms with Gasteiger partial charge >= 0.3 is 5.97 Å². The number of hydrogen-bond acceptors (Lipinski definition) is 6. The molecule has 1 heterocycles. The number of carbonyl (C=O) groups excluding carboxylic acids is 1. The van der Waals surface area contributed by atoms with Gasteiger partial charge in [0, 0.05) is 6.04 Å². The van der Waals surface area contributed by atoms with Crippen LogP contribution in [0.15, 0.2) is 23.1 Å². The molecule has 150 valence electrons. The van der Waals surface area contributed by atoms with Crippen molar-refractivity contribution in [2.24, 2.45) is 0 Å². The van der Waals surface area contributed by atoms with Gasteiger partial charge in [-0.3, -0.25) is 9.69 Å². The number of amides is 1. The molecular formula is C20H23NO5S2. The van der Waals surface area contributed by atoms with Crippen LogP contribution in [0.5, 0.6) is 11.5 Å². The first-order valence-electron chi connectivity index (χ1n) is 9.25. The fourth-order valence-corrected chi connectivity index (χ4v) is 4.80. The van der Waals surface area contributed by atoms with E-state index in [1.165, 1.54) is 32.2 Å². The summed E-state index contributed by atoms with van der Waals surface area (Å²) >= 11 is 6.78. The fourth-order valence-electron chi connectivity index (χ4n) is 3.40. The highest BCUT2D eigenvalue weighted by Crippen LogP contribution is 2.38. The second kappa shape index (κ2) is 8.96. The first kappa shape index (κ1) is 20.7. The second-order valence-electron chi connectivity index (χ2n) is 6.85. The Morgan fingerprint density at radius 2 is 2.04 bits per heavy atom. The summed E-state index contributed by atoms with van der Waals surface area (Å²) < 4.78 is 11.3. The van der Waals surface area contributed by atoms with Gasteiger partial charge in [0.15, 0.2) is 17.6 Å². The molecule has 0 radical (unpaired) electrons. The molecule has 1 amide bonds. The Labute approximate surface area is 173 Å². The molecule has 0 bridgehead atoms. The van der Waals surface area contributed by atoms with E-state index in [2.05, 4.69) is 0 Å². The molecule has 0 spiro atoms. The van der Waals surface area contributed by atoms with E-state index in [1.807, 2.05) is 0 Å². The molecule has 1 aliphatic heterocycles. The van der Waals surface area contributed by atoms with Gasteiger partial charge in [-0.2, -0.15) is 0 Å². The average molecular weight is 422 g/mol. The largest absolute Gasteiger partial charge is 0.493 e. The van der Waals surface area contributed by atoms with Crippen LogP contribution in [0, 0.1) is 0 Å². The van der Waals surface area contributed by atoms with Crippen LogP contribution in [0.1, 0.15) is 44.6 Å². The van der Waals surface area contributed by atoms with Crippen molar-refractivity contribution in [1.82, 2.24) is 4.90 Å². The van der Waals surface area contributed by atoms with Crippen LogP contribution in [0.4, 0.5) is 0 Å². The molecule has 28 heavy (non-hydrogen) atoms. The van der Waals surface area contributed by atoms with E-state index in [1.54, 1.807) is 29.2 Å². The molecule has 1 saturated carbocycles. The van der Waals surface area contributed by atoms with Crippen molar-refractivity contribution in [2.75, 3.05) is 7.11 Å². The minimum Gasteiger partial charge on any atom is -0.493 e. The maximum absolute atomic E-state index is 12.9. The van der Waals surface area contributed by atoms with Crippen LogP contribution < -0.4 is 9.47 Å². The topological polar surface area (TPSA) is 76.1 Å². The molecule has 2 aliphatic rings. The van der Waals surface area contributed by atoms with Crippen molar-refractivity contribution >= 4 is 46.3 Å². The second-order valence-corrected chi connectivity index (χ2v) is 8.53. The number of nitrogens with zero attached hydrogens (tertiary/aromatic N) is 1. The van der Waals surface area contributed by atoms with Gasteiger partial charge in [0.05, 0.1) is 12.0 Å². The molecule has 1 aromatic carbocycles. The summed E-state index contributed by atoms with van der Waals surface area (Å²) in [6.07, 6.45) is 6.28. The van der Waals surface area contributed by atoms with E-state index >= 15 is 0 Å². The van der Waals surface area contributed by atoms with E-state index in [4.69, 9.17) is 26.8 Å². The van der Waals surface area contributed by atoms with Crippen molar-refractivity contribution in [1.29, 1.82) is 0 Å². The van der Waals surface area contributed by atoms with Crippen molar-refractivity contribution < 1.29 is 24.2 Å². The van der Waals surface area contributed by atoms with Gasteiger partial charge in [-0.05, 0) is 43.5 Å². The SMILES string of the molecule is COc1cc(/C=C2/SC(=S)N(C3CCCCC3)C2=O)ccc1OC(C)C(=O)O. The number of carbonyl (C=O) groups is 2. The molecule has 2 fully saturated rings. The number of benzene rings is 1. The van der Waals surface area contributed by atoms with Crippen molar-refractivity contribution in [3.63, 3.8) is 0 Å². The molecule has 1 N–H and O–H groups in total. The van der Waals surface area contributed by atoms with Crippen LogP contribution in [0.25, 0.3) is 6.08 Å². The number of aliphatic carboxylic acids is 1. The zero-order valence-electron chi connectivity index (χ0n) is 15.8. The lowest BCUT2D eigenvalue weighted by Crippen LogP contribution is -2.39. The summed E-state index contributed by atoms with van der Waals surface area (Å²) in [5.41, 5.74) is 0.760. The Balaban J connectivity index is 1.80. The molecule has 1 saturated heterocycles. The third-order valence-electron chi connectivity index (χ3n) is 4.90. The third kappa shape index (κ3) is 4.50. The predicted molar refractivity (Wildman–Crippen MR) is 113 cm³/mol. The molecule has 3 rings (SSSR count). The van der Waals surface area contributed by atoms with Gasteiger partial charge in [0.25, 0.3) is 5.91 Å². The quantitative estimate of drug-likeness (QED) is 0.548. The first-order valence-corrected chi connectivity index (χ1v) is 10.5. The van der Waals surface area contributed by atoms with Gasteiger partial charge in [0.1, 0.15) is 4.32 Å². The van der Waals surface area contributed by atoms with E-state index in [9.17, 15) is 9.59 Å². The van der Waals surface area contributed by atoms with Crippen LogP contribution >= 0.6 is 24.0 Å². The lowest BCUT2D eigenvalue weighted by molar-refractivity contribution is -0.144. The minimum absolute atomic E-state index is 0.0410. The Morgan fingerprint density at radius 1 is 1.32 bits per heavy atom. The summed E-state index contributed by atoms with van der Waals surface area (Å²) in [6.45, 7) is 1.45. The number of hydrogen-bond donors (Lipinski definition) is 1. The smallest absolute Gasteiger partial charge is 0.344 e. The molecular weight excluding hydrogens is 398 g/mol. The standard InChI is InChI=1S/C20H23NO5S2/c1-12(19(23)24)26-15-9-8-13(10-16(15)25-2)11-17-18(22)21(20(27)28-17)14-6-4-3-5-7-14/h8-12,14H,3-7H2,1-2H3,(H,23,24)/b17-11+. The lowest BCUT2D eigenvalue weighted by atomic mass is 9.94. The van der Waals surface area contributed by atoms with Crippen molar-refractivity contribution in [2.45, 2.75) is 51.2 Å². The van der Waals surface area contributed by atoms with Gasteiger partial charge in [-0.25, -0.2) is 4.79 Å². The summed E-state index contributed by atoms with van der Waals surface area (Å²) in [4.78, 5) is 26.2. The van der Waals surface area contributed by atoms with E-state index in [0.717, 1.165) is 31.2 Å². The normalized spacial score (nSPS) is 20.5. The molecule has 8 heteroatoms. The molecule has 1 unspecified atom stereocenters. The minimum atomic E-state index is -1.06. The van der Waals surface area contributed by atoms with Gasteiger partial charge in [-0.15, -0.1) is 0 Å². The Bertz CT molecular complexity index is 817. The van der Waals surface area contributed by atoms with Gasteiger partial charge in [-0.1, -0.05) is 49.3 Å². The molecule has 0 aromatic heterocycles. The highest BCUT2D eigenvalue weighted by molar-refractivity contribution is 8.26. The number of thiocarbonyl (C=S) groups is 1. The summed E-state index contributed by atoms with van der Waals surface area (Å²) in [7, 11) is 1.49. The highest BCUT2D eigenvalue weighted by Gasteiger charge is 2.37. The summed E-state index contributed by atoms with van der Waals surface area (Å²) in [5.74, 6) is -0.355. The Kier molecular flexibility index (Phi) is 6.61. The number of rotatable bonds is 6. The Hall–Kier alpha value is -2.06. The molecule has 1 atom stereocenters. The number of carboxylic acid groups (broad SMARTS) is 1. The van der Waals surface area contributed by atoms with Crippen LogP contribution in [0.3, 0.4) is 0 Å². The maximum atomic E-state index is 12.9. The summed E-state index contributed by atoms with van der Waals surface area (Å²) in [6, 6.07) is 5.33. The third-order valence-corrected chi connectivity index (χ3v) is 6.23. The summed E-state index contributed by atoms with van der Waals surface area (Å²) in [5, 5.41) is 9.01. The predicted octanol–water partition coefficient (Wildman–Crippen LogP) is 4.08. The number of thioether (sulfide) groups is 1. The van der Waals surface area contributed by atoms with E-state index in [0.29, 0.717) is 20.7 Å².